The van der Waals surface area contributed by atoms with Crippen LogP contribution in [0.4, 0.5) is 0 Å². The highest BCUT2D eigenvalue weighted by atomic mass is 31.2. The zero-order chi connectivity index (χ0) is 15.5. The fourth-order valence-electron chi connectivity index (χ4n) is 2.69. The van der Waals surface area contributed by atoms with Crippen LogP contribution in [0.1, 0.15) is 12.8 Å². The summed E-state index contributed by atoms with van der Waals surface area (Å²) < 4.78 is 16.2. The Kier molecular flexibility index (Phi) is 5.04. The molecule has 3 unspecified atom stereocenters. The average Bonchev–Trinajstić information content (AvgIpc) is 2.80. The molecule has 0 aromatic carbocycles. The first-order valence-corrected chi connectivity index (χ1v) is 8.94. The number of ether oxygens (including phenoxy) is 1. The van der Waals surface area contributed by atoms with Crippen LogP contribution in [0.25, 0.3) is 0 Å². The van der Waals surface area contributed by atoms with Crippen LogP contribution in [0.3, 0.4) is 0 Å². The molecule has 0 radical (unpaired) electrons. The number of nitrogens with one attached hydrogen (secondary N) is 2. The number of rotatable bonds is 6. The summed E-state index contributed by atoms with van der Waals surface area (Å²) >= 11 is 0. The number of methoxy groups -OCH3 is 1. The van der Waals surface area contributed by atoms with E-state index in [-0.39, 0.29) is 18.4 Å². The van der Waals surface area contributed by atoms with Gasteiger partial charge in [-0.1, -0.05) is 24.3 Å². The fourth-order valence-corrected chi connectivity index (χ4v) is 3.55. The van der Waals surface area contributed by atoms with Crippen LogP contribution < -0.4 is 10.4 Å². The molecular formula is C14H21N2O4P. The van der Waals surface area contributed by atoms with Crippen LogP contribution >= 0.6 is 7.52 Å². The van der Waals surface area contributed by atoms with Crippen LogP contribution in [0.5, 0.6) is 0 Å². The summed E-state index contributed by atoms with van der Waals surface area (Å²) in [7, 11) is -2.11. The summed E-state index contributed by atoms with van der Waals surface area (Å²) in [4.78, 5) is 21.0. The van der Waals surface area contributed by atoms with Gasteiger partial charge in [0.25, 0.3) is 7.52 Å². The maximum atomic E-state index is 11.6. The van der Waals surface area contributed by atoms with Gasteiger partial charge in [-0.2, -0.15) is 0 Å². The van der Waals surface area contributed by atoms with Crippen molar-refractivity contribution >= 4 is 13.5 Å². The van der Waals surface area contributed by atoms with Gasteiger partial charge >= 0.3 is 5.97 Å². The van der Waals surface area contributed by atoms with Gasteiger partial charge in [-0.3, -0.25) is 9.36 Å². The van der Waals surface area contributed by atoms with E-state index in [1.54, 1.807) is 0 Å². The highest BCUT2D eigenvalue weighted by Gasteiger charge is 2.30. The van der Waals surface area contributed by atoms with Gasteiger partial charge in [0.15, 0.2) is 0 Å². The van der Waals surface area contributed by atoms with Crippen molar-refractivity contribution in [2.24, 2.45) is 5.92 Å². The van der Waals surface area contributed by atoms with Gasteiger partial charge in [0, 0.05) is 18.6 Å². The van der Waals surface area contributed by atoms with E-state index in [9.17, 15) is 14.3 Å². The maximum absolute atomic E-state index is 11.6. The second kappa shape index (κ2) is 6.60. The molecule has 0 amide bonds. The molecule has 21 heavy (non-hydrogen) atoms. The molecule has 0 fully saturated rings. The second-order valence-electron chi connectivity index (χ2n) is 5.40. The molecule has 0 aromatic heterocycles. The van der Waals surface area contributed by atoms with Gasteiger partial charge in [0.05, 0.1) is 19.6 Å². The first-order chi connectivity index (χ1) is 9.89. The standard InChI is InChI=1S/C14H21N2O4P/c1-20-14(17)8-11(16-21(2,18)19)7-10-9-15-13-6-4-3-5-12(10)13/h3-6,9,11-13,15H,7-8H2,1-2H3,(H2,16,18,19)/t11-,12?,13?/m0/s1. The van der Waals surface area contributed by atoms with Gasteiger partial charge in [-0.05, 0) is 18.2 Å². The van der Waals surface area contributed by atoms with Crippen LogP contribution in [0.15, 0.2) is 36.1 Å². The smallest absolute Gasteiger partial charge is 0.307 e. The lowest BCUT2D eigenvalue weighted by Gasteiger charge is -2.23. The summed E-state index contributed by atoms with van der Waals surface area (Å²) in [5.74, 6) is -0.171. The van der Waals surface area contributed by atoms with Crippen molar-refractivity contribution < 1.29 is 19.0 Å². The van der Waals surface area contributed by atoms with E-state index in [0.717, 1.165) is 5.57 Å². The van der Waals surface area contributed by atoms with E-state index in [0.29, 0.717) is 6.42 Å². The number of carbonyl (C=O) groups is 1. The SMILES string of the molecule is COC(=O)C[C@H](CC1=CNC2C=CC=CC12)NP(C)(=O)O. The van der Waals surface area contributed by atoms with Gasteiger partial charge in [-0.25, -0.2) is 5.09 Å². The molecule has 0 spiro atoms. The molecule has 6 nitrogen and oxygen atoms in total. The predicted molar refractivity (Wildman–Crippen MR) is 80.7 cm³/mol. The molecule has 1 heterocycles. The van der Waals surface area contributed by atoms with Crippen molar-refractivity contribution in [1.29, 1.82) is 0 Å². The van der Waals surface area contributed by atoms with Crippen LogP contribution in [0, 0.1) is 5.92 Å². The zero-order valence-corrected chi connectivity index (χ0v) is 13.0. The highest BCUT2D eigenvalue weighted by Crippen LogP contribution is 2.35. The molecule has 0 saturated carbocycles. The van der Waals surface area contributed by atoms with E-state index in [2.05, 4.69) is 27.3 Å². The Labute approximate surface area is 124 Å². The lowest BCUT2D eigenvalue weighted by Crippen LogP contribution is -2.31. The molecule has 0 aromatic rings. The van der Waals surface area contributed by atoms with Gasteiger partial charge < -0.3 is 14.9 Å². The first kappa shape index (κ1) is 16.0. The third kappa shape index (κ3) is 4.56. The predicted octanol–water partition coefficient (Wildman–Crippen LogP) is 1.31. The monoisotopic (exact) mass is 312 g/mol. The van der Waals surface area contributed by atoms with Gasteiger partial charge in [0.2, 0.25) is 0 Å². The summed E-state index contributed by atoms with van der Waals surface area (Å²) in [5, 5.41) is 5.91. The molecule has 116 valence electrons. The molecule has 1 aliphatic heterocycles. The minimum absolute atomic E-state index is 0.0587. The minimum atomic E-state index is -3.42. The molecule has 1 aliphatic carbocycles. The number of hydrogen-bond donors (Lipinski definition) is 3. The molecule has 2 rings (SSSR count). The molecular weight excluding hydrogens is 291 g/mol. The Bertz CT molecular complexity index is 535. The van der Waals surface area contributed by atoms with Gasteiger partial charge in [0.1, 0.15) is 0 Å². The van der Waals surface area contributed by atoms with Crippen molar-refractivity contribution in [3.63, 3.8) is 0 Å². The molecule has 4 atom stereocenters. The third-order valence-corrected chi connectivity index (χ3v) is 4.41. The maximum Gasteiger partial charge on any atom is 0.307 e. The number of allylic oxidation sites excluding steroid dienone is 2. The van der Waals surface area contributed by atoms with Crippen molar-refractivity contribution in [3.05, 3.63) is 36.1 Å². The zero-order valence-electron chi connectivity index (χ0n) is 12.2. The van der Waals surface area contributed by atoms with E-state index in [4.69, 9.17) is 0 Å². The second-order valence-corrected chi connectivity index (χ2v) is 7.41. The minimum Gasteiger partial charge on any atom is -0.469 e. The number of carbonyl (C=O) groups excluding carboxylic acids is 1. The first-order valence-electron chi connectivity index (χ1n) is 6.84. The Morgan fingerprint density at radius 2 is 2.24 bits per heavy atom. The van der Waals surface area contributed by atoms with E-state index < -0.39 is 19.5 Å². The number of fused-ring (bicyclic) bond motifs is 1. The molecule has 0 bridgehead atoms. The summed E-state index contributed by atoms with van der Waals surface area (Å²) in [6, 6.07) is -0.198. The van der Waals surface area contributed by atoms with Gasteiger partial charge in [-0.15, -0.1) is 0 Å². The van der Waals surface area contributed by atoms with Crippen molar-refractivity contribution in [2.45, 2.75) is 24.9 Å². The van der Waals surface area contributed by atoms with Crippen molar-refractivity contribution in [2.75, 3.05) is 13.8 Å². The topological polar surface area (TPSA) is 87.7 Å². The molecule has 3 N–H and O–H groups in total. The van der Waals surface area contributed by atoms with Crippen LogP contribution in [-0.4, -0.2) is 36.7 Å². The Hall–Kier alpha value is -1.36. The van der Waals surface area contributed by atoms with Crippen molar-refractivity contribution in [3.8, 4) is 0 Å². The highest BCUT2D eigenvalue weighted by molar-refractivity contribution is 7.55. The Morgan fingerprint density at radius 1 is 1.52 bits per heavy atom. The number of esters is 1. The summed E-state index contributed by atoms with van der Waals surface area (Å²) in [6.07, 6.45) is 10.6. The Balaban J connectivity index is 2.04. The summed E-state index contributed by atoms with van der Waals surface area (Å²) in [6.45, 7) is 1.23. The fraction of sp³-hybridized carbons (Fsp3) is 0.500. The third-order valence-electron chi connectivity index (χ3n) is 3.57. The molecule has 0 saturated heterocycles. The molecule has 7 heteroatoms. The summed E-state index contributed by atoms with van der Waals surface area (Å²) in [5.41, 5.74) is 1.11. The Morgan fingerprint density at radius 3 is 2.90 bits per heavy atom. The van der Waals surface area contributed by atoms with E-state index >= 15 is 0 Å². The average molecular weight is 312 g/mol. The lowest BCUT2D eigenvalue weighted by atomic mass is 9.88. The van der Waals surface area contributed by atoms with E-state index in [1.165, 1.54) is 13.8 Å². The van der Waals surface area contributed by atoms with Crippen LogP contribution in [-0.2, 0) is 14.1 Å². The van der Waals surface area contributed by atoms with Crippen molar-refractivity contribution in [1.82, 2.24) is 10.4 Å². The normalized spacial score (nSPS) is 27.3. The van der Waals surface area contributed by atoms with E-state index in [1.807, 2.05) is 18.4 Å². The lowest BCUT2D eigenvalue weighted by molar-refractivity contribution is -0.141. The molecule has 2 aliphatic rings. The van der Waals surface area contributed by atoms with Crippen LogP contribution in [0.2, 0.25) is 0 Å². The quantitative estimate of drug-likeness (QED) is 0.506. The largest absolute Gasteiger partial charge is 0.469 e. The number of hydrogen-bond acceptors (Lipinski definition) is 4.